The van der Waals surface area contributed by atoms with Crippen molar-refractivity contribution in [3.05, 3.63) is 64.1 Å². The summed E-state index contributed by atoms with van der Waals surface area (Å²) < 4.78 is 11.1. The van der Waals surface area contributed by atoms with Gasteiger partial charge < -0.3 is 19.3 Å². The van der Waals surface area contributed by atoms with Crippen molar-refractivity contribution < 1.29 is 19.1 Å². The maximum Gasteiger partial charge on any atom is 0.421 e. The molecule has 2 aromatic heterocycles. The van der Waals surface area contributed by atoms with Crippen molar-refractivity contribution in [2.24, 2.45) is 17.8 Å². The molecule has 0 spiro atoms. The average Bonchev–Trinajstić information content (AvgIpc) is 3.26. The van der Waals surface area contributed by atoms with Crippen molar-refractivity contribution in [1.82, 2.24) is 14.9 Å². The Labute approximate surface area is 245 Å². The molecule has 9 nitrogen and oxygen atoms in total. The van der Waals surface area contributed by atoms with Crippen LogP contribution in [0.2, 0.25) is 0 Å². The van der Waals surface area contributed by atoms with Gasteiger partial charge in [0.2, 0.25) is 5.88 Å². The molecule has 10 heteroatoms. The molecule has 3 aromatic rings. The molecule has 2 saturated heterocycles. The van der Waals surface area contributed by atoms with Crippen LogP contribution in [-0.4, -0.2) is 72.8 Å². The van der Waals surface area contributed by atoms with Gasteiger partial charge in [0, 0.05) is 38.3 Å². The number of carbonyl (C=O) groups excluding carboxylic acids is 2. The van der Waals surface area contributed by atoms with Gasteiger partial charge >= 0.3 is 6.09 Å². The summed E-state index contributed by atoms with van der Waals surface area (Å²) in [7, 11) is 0. The number of anilines is 2. The molecular weight excluding hydrogens is 538 g/mol. The van der Waals surface area contributed by atoms with Crippen LogP contribution in [0.1, 0.15) is 41.7 Å². The van der Waals surface area contributed by atoms with Crippen molar-refractivity contribution in [3.63, 3.8) is 0 Å². The van der Waals surface area contributed by atoms with Crippen LogP contribution in [0, 0.1) is 24.7 Å². The van der Waals surface area contributed by atoms with E-state index in [2.05, 4.69) is 47.8 Å². The zero-order valence-electron chi connectivity index (χ0n) is 24.1. The number of benzene rings is 1. The van der Waals surface area contributed by atoms with E-state index >= 15 is 0 Å². The zero-order chi connectivity index (χ0) is 28.7. The minimum absolute atomic E-state index is 0.0494. The predicted molar refractivity (Wildman–Crippen MR) is 159 cm³/mol. The number of hydrogen-bond acceptors (Lipinski definition) is 8. The van der Waals surface area contributed by atoms with Crippen LogP contribution in [0.25, 0.3) is 0 Å². The van der Waals surface area contributed by atoms with Crippen LogP contribution < -0.4 is 14.5 Å². The Bertz CT molecular complexity index is 1380. The Morgan fingerprint density at radius 1 is 1.07 bits per heavy atom. The number of ether oxygens (including phenoxy) is 2. The monoisotopic (exact) mass is 575 g/mol. The van der Waals surface area contributed by atoms with Crippen LogP contribution in [0.5, 0.6) is 5.88 Å². The van der Waals surface area contributed by atoms with Gasteiger partial charge in [0.15, 0.2) is 0 Å². The van der Waals surface area contributed by atoms with Crippen LogP contribution in [0.4, 0.5) is 16.3 Å². The lowest BCUT2D eigenvalue weighted by Crippen LogP contribution is -2.39. The average molecular weight is 576 g/mol. The first kappa shape index (κ1) is 27.7. The molecule has 1 aromatic carbocycles. The Morgan fingerprint density at radius 3 is 2.37 bits per heavy atom. The fraction of sp³-hybridized carbons (Fsp3) is 0.484. The molecule has 3 fully saturated rings. The standard InChI is InChI=1S/C31H37N5O4S/c1-20-33-28(19-41-20)40-30(38)36(23-9-10-27(32-15-23)34-11-13-39-14-12-34)18-26-24-16-35(17-25(24)26)29(37)21-5-7-22(8-6-21)31(2,3)4/h5-10,15,19,24-26H,11-14,16-18H2,1-4H3. The first-order valence-corrected chi connectivity index (χ1v) is 15.2. The molecule has 1 saturated carbocycles. The highest BCUT2D eigenvalue weighted by Gasteiger charge is 2.57. The smallest absolute Gasteiger partial charge is 0.390 e. The van der Waals surface area contributed by atoms with E-state index in [0.717, 1.165) is 29.5 Å². The molecule has 2 atom stereocenters. The summed E-state index contributed by atoms with van der Waals surface area (Å²) in [4.78, 5) is 41.4. The third-order valence-electron chi connectivity index (χ3n) is 8.44. The van der Waals surface area contributed by atoms with Crippen molar-refractivity contribution in [1.29, 1.82) is 0 Å². The van der Waals surface area contributed by atoms with Crippen molar-refractivity contribution in [2.45, 2.75) is 33.1 Å². The molecule has 1 aliphatic carbocycles. The second-order valence-corrected chi connectivity index (χ2v) is 13.2. The van der Waals surface area contributed by atoms with Gasteiger partial charge in [-0.2, -0.15) is 0 Å². The molecular formula is C31H37N5O4S. The number of hydrogen-bond donors (Lipinski definition) is 0. The molecule has 0 radical (unpaired) electrons. The first-order chi connectivity index (χ1) is 19.7. The van der Waals surface area contributed by atoms with Crippen molar-refractivity contribution >= 4 is 34.8 Å². The molecule has 4 heterocycles. The summed E-state index contributed by atoms with van der Waals surface area (Å²) in [6.07, 6.45) is 1.28. The topological polar surface area (TPSA) is 88.1 Å². The van der Waals surface area contributed by atoms with Gasteiger partial charge in [0.25, 0.3) is 5.91 Å². The summed E-state index contributed by atoms with van der Waals surface area (Å²) in [5.74, 6) is 2.29. The zero-order valence-corrected chi connectivity index (χ0v) is 24.9. The second-order valence-electron chi connectivity index (χ2n) is 12.2. The molecule has 2 amide bonds. The number of morpholine rings is 1. The summed E-state index contributed by atoms with van der Waals surface area (Å²) in [5, 5.41) is 2.58. The van der Waals surface area contributed by atoms with E-state index in [1.165, 1.54) is 16.9 Å². The quantitative estimate of drug-likeness (QED) is 0.409. The molecule has 2 aliphatic heterocycles. The van der Waals surface area contributed by atoms with Gasteiger partial charge in [-0.15, -0.1) is 11.3 Å². The third-order valence-corrected chi connectivity index (χ3v) is 9.19. The summed E-state index contributed by atoms with van der Waals surface area (Å²) in [5.41, 5.74) is 2.68. The van der Waals surface area contributed by atoms with E-state index in [1.807, 2.05) is 36.1 Å². The fourth-order valence-corrected chi connectivity index (χ4v) is 6.44. The number of piperidine rings is 1. The first-order valence-electron chi connectivity index (χ1n) is 14.3. The highest BCUT2D eigenvalue weighted by Crippen LogP contribution is 2.52. The lowest BCUT2D eigenvalue weighted by Gasteiger charge is -2.28. The van der Waals surface area contributed by atoms with Crippen LogP contribution in [0.3, 0.4) is 0 Å². The van der Waals surface area contributed by atoms with Gasteiger partial charge in [0.1, 0.15) is 5.82 Å². The van der Waals surface area contributed by atoms with Gasteiger partial charge in [-0.25, -0.2) is 14.8 Å². The Balaban J connectivity index is 1.12. The molecule has 3 aliphatic rings. The number of fused-ring (bicyclic) bond motifs is 1. The van der Waals surface area contributed by atoms with E-state index in [0.29, 0.717) is 62.2 Å². The number of rotatable bonds is 6. The van der Waals surface area contributed by atoms with Crippen molar-refractivity contribution in [2.75, 3.05) is 55.7 Å². The molecule has 6 rings (SSSR count). The Kier molecular flexibility index (Phi) is 7.46. The molecule has 2 unspecified atom stereocenters. The number of thiazole rings is 1. The molecule has 216 valence electrons. The van der Waals surface area contributed by atoms with Gasteiger partial charge in [-0.3, -0.25) is 9.69 Å². The fourth-order valence-electron chi connectivity index (χ4n) is 5.93. The normalized spacial score (nSPS) is 21.9. The highest BCUT2D eigenvalue weighted by atomic mass is 32.1. The summed E-state index contributed by atoms with van der Waals surface area (Å²) in [6, 6.07) is 11.9. The van der Waals surface area contributed by atoms with E-state index < -0.39 is 6.09 Å². The summed E-state index contributed by atoms with van der Waals surface area (Å²) >= 11 is 1.44. The minimum atomic E-state index is -0.465. The SMILES string of the molecule is Cc1nc(OC(=O)N(CC2C3CN(C(=O)c4ccc(C(C)(C)C)cc4)CC32)c2ccc(N3CCOCC3)nc2)cs1. The highest BCUT2D eigenvalue weighted by molar-refractivity contribution is 7.09. The van der Waals surface area contributed by atoms with E-state index in [4.69, 9.17) is 9.47 Å². The minimum Gasteiger partial charge on any atom is -0.390 e. The molecule has 0 N–H and O–H groups in total. The third kappa shape index (κ3) is 5.94. The Hall–Kier alpha value is -3.50. The molecule has 0 bridgehead atoms. The largest absolute Gasteiger partial charge is 0.421 e. The lowest BCUT2D eigenvalue weighted by atomic mass is 9.86. The van der Waals surface area contributed by atoms with E-state index in [9.17, 15) is 9.59 Å². The lowest BCUT2D eigenvalue weighted by molar-refractivity contribution is 0.0768. The second kappa shape index (κ2) is 11.1. The number of likely N-dealkylation sites (tertiary alicyclic amines) is 1. The number of carbonyl (C=O) groups is 2. The molecule has 41 heavy (non-hydrogen) atoms. The van der Waals surface area contributed by atoms with Crippen LogP contribution in [-0.2, 0) is 10.2 Å². The predicted octanol–water partition coefficient (Wildman–Crippen LogP) is 5.00. The number of pyridine rings is 1. The maximum atomic E-state index is 13.4. The van der Waals surface area contributed by atoms with Gasteiger partial charge in [-0.05, 0) is 59.9 Å². The van der Waals surface area contributed by atoms with E-state index in [-0.39, 0.29) is 11.3 Å². The number of aryl methyl sites for hydroxylation is 1. The van der Waals surface area contributed by atoms with E-state index in [1.54, 1.807) is 16.5 Å². The van der Waals surface area contributed by atoms with Crippen LogP contribution in [0.15, 0.2) is 48.0 Å². The van der Waals surface area contributed by atoms with Crippen LogP contribution >= 0.6 is 11.3 Å². The van der Waals surface area contributed by atoms with Gasteiger partial charge in [-0.1, -0.05) is 32.9 Å². The Morgan fingerprint density at radius 2 is 1.78 bits per heavy atom. The number of aromatic nitrogens is 2. The van der Waals surface area contributed by atoms with Gasteiger partial charge in [0.05, 0.1) is 35.5 Å². The number of amides is 2. The van der Waals surface area contributed by atoms with Crippen molar-refractivity contribution in [3.8, 4) is 5.88 Å². The summed E-state index contributed by atoms with van der Waals surface area (Å²) in [6.45, 7) is 13.3. The maximum absolute atomic E-state index is 13.4. The number of nitrogens with zero attached hydrogens (tertiary/aromatic N) is 5.